The second-order valence-electron chi connectivity index (χ2n) is 4.84. The second kappa shape index (κ2) is 3.51. The third-order valence-electron chi connectivity index (χ3n) is 3.70. The summed E-state index contributed by atoms with van der Waals surface area (Å²) in [5.41, 5.74) is 1.89. The lowest BCUT2D eigenvalue weighted by Crippen LogP contribution is -2.03. The average molecular weight is 216 g/mol. The van der Waals surface area contributed by atoms with E-state index in [2.05, 4.69) is 16.9 Å². The van der Waals surface area contributed by atoms with E-state index in [4.69, 9.17) is 0 Å². The number of phenolic OH excluding ortho intramolecular Hbond substituents is 1. The molecule has 0 bridgehead atoms. The van der Waals surface area contributed by atoms with Crippen LogP contribution in [0.4, 0.5) is 0 Å². The number of aromatic amines is 1. The van der Waals surface area contributed by atoms with E-state index in [9.17, 15) is 5.11 Å². The van der Waals surface area contributed by atoms with E-state index in [1.807, 2.05) is 6.07 Å². The summed E-state index contributed by atoms with van der Waals surface area (Å²) in [7, 11) is 0. The highest BCUT2D eigenvalue weighted by atomic mass is 16.3. The van der Waals surface area contributed by atoms with E-state index >= 15 is 0 Å². The Balaban J connectivity index is 2.04. The van der Waals surface area contributed by atoms with Crippen LogP contribution in [0.1, 0.15) is 37.9 Å². The van der Waals surface area contributed by atoms with Crippen molar-refractivity contribution in [2.45, 2.75) is 32.1 Å². The lowest BCUT2D eigenvalue weighted by atomic mass is 9.98. The Labute approximate surface area is 94.5 Å². The SMILES string of the molecule is CC1CCCC1c1nc2ccc(O)cc2[nH]1. The zero-order chi connectivity index (χ0) is 11.1. The molecule has 1 aromatic carbocycles. The molecule has 0 radical (unpaired) electrons. The van der Waals surface area contributed by atoms with E-state index in [1.165, 1.54) is 19.3 Å². The highest BCUT2D eigenvalue weighted by molar-refractivity contribution is 5.76. The largest absolute Gasteiger partial charge is 0.508 e. The van der Waals surface area contributed by atoms with Crippen molar-refractivity contribution in [3.63, 3.8) is 0 Å². The minimum Gasteiger partial charge on any atom is -0.508 e. The summed E-state index contributed by atoms with van der Waals surface area (Å²) in [6, 6.07) is 5.29. The van der Waals surface area contributed by atoms with Crippen LogP contribution in [0.15, 0.2) is 18.2 Å². The van der Waals surface area contributed by atoms with Gasteiger partial charge < -0.3 is 10.1 Å². The van der Waals surface area contributed by atoms with Crippen molar-refractivity contribution in [2.24, 2.45) is 5.92 Å². The summed E-state index contributed by atoms with van der Waals surface area (Å²) in [4.78, 5) is 7.96. The van der Waals surface area contributed by atoms with Crippen LogP contribution in [-0.2, 0) is 0 Å². The summed E-state index contributed by atoms with van der Waals surface area (Å²) in [6.45, 7) is 2.29. The zero-order valence-electron chi connectivity index (χ0n) is 9.40. The van der Waals surface area contributed by atoms with Gasteiger partial charge in [0.2, 0.25) is 0 Å². The molecular weight excluding hydrogens is 200 g/mol. The van der Waals surface area contributed by atoms with Gasteiger partial charge in [-0.1, -0.05) is 13.3 Å². The summed E-state index contributed by atoms with van der Waals surface area (Å²) in [5, 5.41) is 9.41. The van der Waals surface area contributed by atoms with Crippen molar-refractivity contribution in [3.05, 3.63) is 24.0 Å². The Hall–Kier alpha value is -1.51. The number of phenols is 1. The van der Waals surface area contributed by atoms with Gasteiger partial charge in [0, 0.05) is 12.0 Å². The summed E-state index contributed by atoms with van der Waals surface area (Å²) < 4.78 is 0. The molecule has 1 aromatic heterocycles. The first kappa shape index (κ1) is 9.70. The summed E-state index contributed by atoms with van der Waals surface area (Å²) in [5.74, 6) is 2.66. The summed E-state index contributed by atoms with van der Waals surface area (Å²) >= 11 is 0. The number of rotatable bonds is 1. The minimum atomic E-state index is 0.294. The molecule has 2 aromatic rings. The monoisotopic (exact) mass is 216 g/mol. The van der Waals surface area contributed by atoms with E-state index in [0.717, 1.165) is 16.9 Å². The van der Waals surface area contributed by atoms with Gasteiger partial charge >= 0.3 is 0 Å². The van der Waals surface area contributed by atoms with Crippen LogP contribution < -0.4 is 0 Å². The molecule has 2 atom stereocenters. The molecule has 0 spiro atoms. The Morgan fingerprint density at radius 2 is 2.25 bits per heavy atom. The van der Waals surface area contributed by atoms with Gasteiger partial charge in [-0.3, -0.25) is 0 Å². The van der Waals surface area contributed by atoms with Crippen LogP contribution in [0.5, 0.6) is 5.75 Å². The number of fused-ring (bicyclic) bond motifs is 1. The molecular formula is C13H16N2O. The van der Waals surface area contributed by atoms with Crippen molar-refractivity contribution >= 4 is 11.0 Å². The molecule has 0 aliphatic heterocycles. The molecule has 1 fully saturated rings. The van der Waals surface area contributed by atoms with E-state index in [0.29, 0.717) is 17.6 Å². The van der Waals surface area contributed by atoms with Crippen molar-refractivity contribution in [1.29, 1.82) is 0 Å². The number of benzene rings is 1. The van der Waals surface area contributed by atoms with Crippen LogP contribution in [0.3, 0.4) is 0 Å². The van der Waals surface area contributed by atoms with Crippen LogP contribution in [0.25, 0.3) is 11.0 Å². The Kier molecular flexibility index (Phi) is 2.13. The maximum absolute atomic E-state index is 9.41. The third kappa shape index (κ3) is 1.47. The number of hydrogen-bond donors (Lipinski definition) is 2. The molecule has 2 unspecified atom stereocenters. The molecule has 3 heteroatoms. The van der Waals surface area contributed by atoms with E-state index in [-0.39, 0.29) is 0 Å². The highest BCUT2D eigenvalue weighted by Gasteiger charge is 2.27. The lowest BCUT2D eigenvalue weighted by molar-refractivity contribution is 0.476. The standard InChI is InChI=1S/C13H16N2O/c1-8-3-2-4-10(8)13-14-11-6-5-9(16)7-12(11)15-13/h5-8,10,16H,2-4H2,1H3,(H,14,15). The lowest BCUT2D eigenvalue weighted by Gasteiger charge is -2.11. The molecule has 16 heavy (non-hydrogen) atoms. The first-order valence-electron chi connectivity index (χ1n) is 5.92. The smallest absolute Gasteiger partial charge is 0.117 e. The molecule has 1 heterocycles. The van der Waals surface area contributed by atoms with Gasteiger partial charge in [0.1, 0.15) is 11.6 Å². The van der Waals surface area contributed by atoms with Gasteiger partial charge in [0.05, 0.1) is 11.0 Å². The molecule has 1 aliphatic carbocycles. The fraction of sp³-hybridized carbons (Fsp3) is 0.462. The fourth-order valence-corrected chi connectivity index (χ4v) is 2.74. The fourth-order valence-electron chi connectivity index (χ4n) is 2.74. The Bertz CT molecular complexity index is 518. The highest BCUT2D eigenvalue weighted by Crippen LogP contribution is 2.38. The maximum atomic E-state index is 9.41. The molecule has 3 rings (SSSR count). The number of imidazole rings is 1. The molecule has 0 saturated heterocycles. The van der Waals surface area contributed by atoms with Crippen molar-refractivity contribution in [3.8, 4) is 5.75 Å². The van der Waals surface area contributed by atoms with Crippen LogP contribution in [-0.4, -0.2) is 15.1 Å². The molecule has 1 saturated carbocycles. The first-order chi connectivity index (χ1) is 7.74. The molecule has 84 valence electrons. The van der Waals surface area contributed by atoms with Crippen LogP contribution >= 0.6 is 0 Å². The van der Waals surface area contributed by atoms with Gasteiger partial charge in [-0.15, -0.1) is 0 Å². The number of nitrogens with one attached hydrogen (secondary N) is 1. The Morgan fingerprint density at radius 3 is 3.00 bits per heavy atom. The molecule has 2 N–H and O–H groups in total. The molecule has 3 nitrogen and oxygen atoms in total. The average Bonchev–Trinajstić information content (AvgIpc) is 2.82. The number of nitrogens with zero attached hydrogens (tertiary/aromatic N) is 1. The van der Waals surface area contributed by atoms with Gasteiger partial charge in [-0.25, -0.2) is 4.98 Å². The van der Waals surface area contributed by atoms with Gasteiger partial charge in [-0.2, -0.15) is 0 Å². The zero-order valence-corrected chi connectivity index (χ0v) is 9.40. The van der Waals surface area contributed by atoms with Gasteiger partial charge in [-0.05, 0) is 30.9 Å². The van der Waals surface area contributed by atoms with Gasteiger partial charge in [0.25, 0.3) is 0 Å². The number of H-pyrrole nitrogens is 1. The van der Waals surface area contributed by atoms with Crippen LogP contribution in [0, 0.1) is 5.92 Å². The van der Waals surface area contributed by atoms with Crippen molar-refractivity contribution < 1.29 is 5.11 Å². The van der Waals surface area contributed by atoms with E-state index < -0.39 is 0 Å². The molecule has 1 aliphatic rings. The molecule has 0 amide bonds. The summed E-state index contributed by atoms with van der Waals surface area (Å²) in [6.07, 6.45) is 3.83. The third-order valence-corrected chi connectivity index (χ3v) is 3.70. The second-order valence-corrected chi connectivity index (χ2v) is 4.84. The number of aromatic hydroxyl groups is 1. The van der Waals surface area contributed by atoms with Crippen molar-refractivity contribution in [2.75, 3.05) is 0 Å². The first-order valence-corrected chi connectivity index (χ1v) is 5.92. The van der Waals surface area contributed by atoms with Crippen molar-refractivity contribution in [1.82, 2.24) is 9.97 Å². The van der Waals surface area contributed by atoms with Crippen LogP contribution in [0.2, 0.25) is 0 Å². The quantitative estimate of drug-likeness (QED) is 0.769. The number of aromatic nitrogens is 2. The Morgan fingerprint density at radius 1 is 1.38 bits per heavy atom. The predicted octanol–water partition coefficient (Wildman–Crippen LogP) is 3.17. The van der Waals surface area contributed by atoms with Gasteiger partial charge in [0.15, 0.2) is 0 Å². The number of hydrogen-bond acceptors (Lipinski definition) is 2. The normalized spacial score (nSPS) is 25.3. The minimum absolute atomic E-state index is 0.294. The topological polar surface area (TPSA) is 48.9 Å². The van der Waals surface area contributed by atoms with E-state index in [1.54, 1.807) is 12.1 Å². The predicted molar refractivity (Wildman–Crippen MR) is 63.5 cm³/mol. The maximum Gasteiger partial charge on any atom is 0.117 e.